The molecule has 1 aliphatic rings. The molecule has 59 heavy (non-hydrogen) atoms. The van der Waals surface area contributed by atoms with E-state index in [-0.39, 0.29) is 24.4 Å². The maximum absolute atomic E-state index is 11.6. The van der Waals surface area contributed by atoms with E-state index in [0.717, 1.165) is 38.7 Å². The highest BCUT2D eigenvalue weighted by Crippen LogP contribution is 2.30. The Labute approximate surface area is 370 Å². The van der Waals surface area contributed by atoms with Crippen LogP contribution >= 0.6 is 0 Å². The zero-order chi connectivity index (χ0) is 42.5. The van der Waals surface area contributed by atoms with E-state index in [0.29, 0.717) is 19.8 Å². The van der Waals surface area contributed by atoms with Gasteiger partial charge in [0.1, 0.15) is 24.4 Å². The fourth-order valence-corrected chi connectivity index (χ4v) is 9.15. The summed E-state index contributed by atoms with van der Waals surface area (Å²) in [6.07, 6.45) is 52.6. The summed E-state index contributed by atoms with van der Waals surface area (Å²) in [6, 6.07) is 0. The summed E-state index contributed by atoms with van der Waals surface area (Å²) in [5.74, 6) is 0. The Kier molecular flexibility index (Phi) is 44.1. The van der Waals surface area contributed by atoms with Crippen molar-refractivity contribution in [1.82, 2.24) is 0 Å². The standard InChI is InChI=1S/C54H108O5/c1-5-9-12-15-18-21-24-27-30-33-36-39-42-46-56-49-51-53(57-47-43-40-37-34-31-28-25-22-19-16-13-10-6-2)54(52(55)50(59-51)45-8-4)58-48-44-41-38-35-32-29-26-23-20-17-14-11-7-3/h50-55H,5-49H2,1-4H3/t50-,51+,52-,53+,54+/m0/s1. The molecule has 0 bridgehead atoms. The molecule has 5 nitrogen and oxygen atoms in total. The largest absolute Gasteiger partial charge is 0.388 e. The molecule has 1 heterocycles. The molecule has 0 unspecified atom stereocenters. The quantitative estimate of drug-likeness (QED) is 0.0619. The molecular weight excluding hydrogens is 729 g/mol. The highest BCUT2D eigenvalue weighted by atomic mass is 16.6. The molecule has 5 atom stereocenters. The second-order valence-electron chi connectivity index (χ2n) is 19.0. The highest BCUT2D eigenvalue weighted by Gasteiger charge is 2.46. The summed E-state index contributed by atoms with van der Waals surface area (Å²) in [4.78, 5) is 0. The highest BCUT2D eigenvalue weighted by molar-refractivity contribution is 4.94. The molecule has 1 saturated heterocycles. The van der Waals surface area contributed by atoms with Crippen molar-refractivity contribution in [2.75, 3.05) is 26.4 Å². The van der Waals surface area contributed by atoms with E-state index < -0.39 is 6.10 Å². The van der Waals surface area contributed by atoms with Gasteiger partial charge >= 0.3 is 0 Å². The molecule has 0 spiro atoms. The van der Waals surface area contributed by atoms with Gasteiger partial charge in [0.15, 0.2) is 0 Å². The van der Waals surface area contributed by atoms with Gasteiger partial charge in [-0.3, -0.25) is 0 Å². The van der Waals surface area contributed by atoms with Gasteiger partial charge in [0.2, 0.25) is 0 Å². The second-order valence-corrected chi connectivity index (χ2v) is 19.0. The van der Waals surface area contributed by atoms with E-state index in [1.807, 2.05) is 0 Å². The molecule has 1 N–H and O–H groups in total. The molecule has 0 radical (unpaired) electrons. The van der Waals surface area contributed by atoms with Crippen molar-refractivity contribution in [3.05, 3.63) is 0 Å². The summed E-state index contributed by atoms with van der Waals surface area (Å²) >= 11 is 0. The number of hydrogen-bond donors (Lipinski definition) is 1. The zero-order valence-electron chi connectivity index (χ0n) is 40.8. The monoisotopic (exact) mass is 837 g/mol. The molecule has 1 aliphatic heterocycles. The van der Waals surface area contributed by atoms with Gasteiger partial charge in [0, 0.05) is 19.8 Å². The molecule has 1 fully saturated rings. The SMILES string of the molecule is CCCCCCCCCCCCCCCOC[C@H]1O[C@@H](CCC)[C@H](O)[C@@H](OCCCCCCCCCCCCCCC)[C@@H]1OCCCCCCCCCCCCCCC. The summed E-state index contributed by atoms with van der Waals surface area (Å²) in [6.45, 7) is 11.7. The van der Waals surface area contributed by atoms with E-state index in [1.165, 1.54) is 231 Å². The Morgan fingerprint density at radius 3 is 0.932 bits per heavy atom. The lowest BCUT2D eigenvalue weighted by atomic mass is 9.92. The summed E-state index contributed by atoms with van der Waals surface area (Å²) in [5, 5.41) is 11.6. The van der Waals surface area contributed by atoms with Crippen LogP contribution in [0.5, 0.6) is 0 Å². The fraction of sp³-hybridized carbons (Fsp3) is 1.00. The van der Waals surface area contributed by atoms with Crippen LogP contribution in [0.25, 0.3) is 0 Å². The lowest BCUT2D eigenvalue weighted by Gasteiger charge is -2.44. The summed E-state index contributed by atoms with van der Waals surface area (Å²) < 4.78 is 26.2. The molecule has 0 aliphatic carbocycles. The third kappa shape index (κ3) is 34.9. The molecule has 0 aromatic rings. The molecule has 0 aromatic heterocycles. The molecule has 0 aromatic carbocycles. The average molecular weight is 837 g/mol. The first-order chi connectivity index (χ1) is 29.2. The Balaban J connectivity index is 2.48. The van der Waals surface area contributed by atoms with E-state index in [9.17, 15) is 5.11 Å². The molecule has 354 valence electrons. The zero-order valence-corrected chi connectivity index (χ0v) is 40.8. The predicted octanol–water partition coefficient (Wildman–Crippen LogP) is 17.0. The number of rotatable bonds is 48. The normalized spacial score (nSPS) is 19.6. The number of hydrogen-bond acceptors (Lipinski definition) is 5. The van der Waals surface area contributed by atoms with Crippen molar-refractivity contribution in [3.8, 4) is 0 Å². The molecule has 5 heteroatoms. The summed E-state index contributed by atoms with van der Waals surface area (Å²) in [5.41, 5.74) is 0. The third-order valence-electron chi connectivity index (χ3n) is 13.1. The Bertz CT molecular complexity index is 793. The van der Waals surface area contributed by atoms with E-state index >= 15 is 0 Å². The topological polar surface area (TPSA) is 57.2 Å². The van der Waals surface area contributed by atoms with Gasteiger partial charge in [0.25, 0.3) is 0 Å². The molecule has 1 rings (SSSR count). The van der Waals surface area contributed by atoms with Gasteiger partial charge in [-0.1, -0.05) is 265 Å². The minimum atomic E-state index is -0.661. The molecule has 0 saturated carbocycles. The fourth-order valence-electron chi connectivity index (χ4n) is 9.15. The lowest BCUT2D eigenvalue weighted by Crippen LogP contribution is -2.60. The third-order valence-corrected chi connectivity index (χ3v) is 13.1. The van der Waals surface area contributed by atoms with Crippen LogP contribution in [0.1, 0.15) is 291 Å². The minimum absolute atomic E-state index is 0.199. The maximum atomic E-state index is 11.6. The maximum Gasteiger partial charge on any atom is 0.115 e. The van der Waals surface area contributed by atoms with Gasteiger partial charge in [-0.05, 0) is 25.7 Å². The van der Waals surface area contributed by atoms with Crippen molar-refractivity contribution in [3.63, 3.8) is 0 Å². The van der Waals surface area contributed by atoms with Gasteiger partial charge in [-0.25, -0.2) is 0 Å². The van der Waals surface area contributed by atoms with Crippen LogP contribution in [0, 0.1) is 0 Å². The van der Waals surface area contributed by atoms with Crippen LogP contribution in [-0.4, -0.2) is 62.1 Å². The van der Waals surface area contributed by atoms with Crippen LogP contribution < -0.4 is 0 Å². The summed E-state index contributed by atoms with van der Waals surface area (Å²) in [7, 11) is 0. The van der Waals surface area contributed by atoms with Crippen molar-refractivity contribution >= 4 is 0 Å². The first kappa shape index (κ1) is 56.8. The first-order valence-corrected chi connectivity index (χ1v) is 27.3. The van der Waals surface area contributed by atoms with Crippen LogP contribution in [0.15, 0.2) is 0 Å². The average Bonchev–Trinajstić information content (AvgIpc) is 3.24. The lowest BCUT2D eigenvalue weighted by molar-refractivity contribution is -0.257. The Morgan fingerprint density at radius 1 is 0.322 bits per heavy atom. The first-order valence-electron chi connectivity index (χ1n) is 27.3. The smallest absolute Gasteiger partial charge is 0.115 e. The predicted molar refractivity (Wildman–Crippen MR) is 257 cm³/mol. The number of aliphatic hydroxyl groups is 1. The Morgan fingerprint density at radius 2 is 0.610 bits per heavy atom. The van der Waals surface area contributed by atoms with Gasteiger partial charge in [0.05, 0.1) is 12.7 Å². The molecule has 0 amide bonds. The van der Waals surface area contributed by atoms with Gasteiger partial charge in [-0.2, -0.15) is 0 Å². The van der Waals surface area contributed by atoms with Crippen molar-refractivity contribution in [2.24, 2.45) is 0 Å². The molecular formula is C54H108O5. The second kappa shape index (κ2) is 45.8. The Hall–Kier alpha value is -0.200. The van der Waals surface area contributed by atoms with E-state index in [2.05, 4.69) is 27.7 Å². The van der Waals surface area contributed by atoms with Crippen molar-refractivity contribution < 1.29 is 24.1 Å². The number of aliphatic hydroxyl groups excluding tert-OH is 1. The minimum Gasteiger partial charge on any atom is -0.388 e. The van der Waals surface area contributed by atoms with Crippen LogP contribution in [0.3, 0.4) is 0 Å². The number of unbranched alkanes of at least 4 members (excludes halogenated alkanes) is 36. The van der Waals surface area contributed by atoms with E-state index in [1.54, 1.807) is 0 Å². The van der Waals surface area contributed by atoms with Crippen molar-refractivity contribution in [2.45, 2.75) is 321 Å². The van der Waals surface area contributed by atoms with Crippen LogP contribution in [0.2, 0.25) is 0 Å². The van der Waals surface area contributed by atoms with Crippen LogP contribution in [-0.2, 0) is 18.9 Å². The van der Waals surface area contributed by atoms with Gasteiger partial charge in [-0.15, -0.1) is 0 Å². The number of ether oxygens (including phenoxy) is 4. The van der Waals surface area contributed by atoms with Crippen LogP contribution in [0.4, 0.5) is 0 Å². The van der Waals surface area contributed by atoms with Crippen molar-refractivity contribution in [1.29, 1.82) is 0 Å². The van der Waals surface area contributed by atoms with Gasteiger partial charge < -0.3 is 24.1 Å². The van der Waals surface area contributed by atoms with E-state index in [4.69, 9.17) is 18.9 Å².